The van der Waals surface area contributed by atoms with E-state index in [0.717, 1.165) is 11.3 Å². The van der Waals surface area contributed by atoms with E-state index >= 15 is 0 Å². The normalized spacial score (nSPS) is 15.8. The zero-order valence-corrected chi connectivity index (χ0v) is 24.5. The molecule has 2 saturated carbocycles. The zero-order valence-electron chi connectivity index (χ0n) is 21.6. The first-order valence-corrected chi connectivity index (χ1v) is 16.5. The third-order valence-electron chi connectivity index (χ3n) is 7.52. The van der Waals surface area contributed by atoms with Gasteiger partial charge in [0.2, 0.25) is 0 Å². The van der Waals surface area contributed by atoms with Gasteiger partial charge in [0.25, 0.3) is 0 Å². The van der Waals surface area contributed by atoms with E-state index in [9.17, 15) is 0 Å². The Bertz CT molecular complexity index is 966. The summed E-state index contributed by atoms with van der Waals surface area (Å²) < 4.78 is 0. The summed E-state index contributed by atoms with van der Waals surface area (Å²) in [7, 11) is -0.304. The van der Waals surface area contributed by atoms with Gasteiger partial charge in [0.1, 0.15) is 0 Å². The SMILES string of the molecule is [Fe].c1ccc(P(c2ccccc2)C2CCCC2)cc1.c1ccc(P(c2ccccc2)C2CCCC2)cc1. The first-order valence-electron chi connectivity index (χ1n) is 13.7. The van der Waals surface area contributed by atoms with E-state index in [2.05, 4.69) is 121 Å². The molecule has 192 valence electrons. The molecule has 37 heavy (non-hydrogen) atoms. The number of hydrogen-bond donors (Lipinski definition) is 0. The molecular formula is C34H38FeP2. The van der Waals surface area contributed by atoms with Crippen molar-refractivity contribution in [3.63, 3.8) is 0 Å². The molecule has 4 aromatic rings. The van der Waals surface area contributed by atoms with E-state index in [0.29, 0.717) is 0 Å². The predicted molar refractivity (Wildman–Crippen MR) is 163 cm³/mol. The van der Waals surface area contributed by atoms with E-state index in [-0.39, 0.29) is 32.9 Å². The summed E-state index contributed by atoms with van der Waals surface area (Å²) in [5.74, 6) is 0. The van der Waals surface area contributed by atoms with Crippen molar-refractivity contribution >= 4 is 37.1 Å². The summed E-state index contributed by atoms with van der Waals surface area (Å²) in [6.45, 7) is 0. The Morgan fingerprint density at radius 2 is 0.568 bits per heavy atom. The molecule has 0 spiro atoms. The van der Waals surface area contributed by atoms with Crippen LogP contribution < -0.4 is 21.2 Å². The van der Waals surface area contributed by atoms with E-state index in [1.807, 2.05) is 0 Å². The Balaban J connectivity index is 0.000000168. The van der Waals surface area contributed by atoms with Crippen LogP contribution in [0.5, 0.6) is 0 Å². The summed E-state index contributed by atoms with van der Waals surface area (Å²) in [6, 6.07) is 44.5. The Morgan fingerprint density at radius 1 is 0.351 bits per heavy atom. The van der Waals surface area contributed by atoms with Gasteiger partial charge in [-0.15, -0.1) is 0 Å². The molecule has 0 atom stereocenters. The van der Waals surface area contributed by atoms with Crippen molar-refractivity contribution in [3.05, 3.63) is 121 Å². The fourth-order valence-corrected chi connectivity index (χ4v) is 11.8. The molecule has 0 N–H and O–H groups in total. The standard InChI is InChI=1S/2C17H19P.Fe/c2*1-3-9-15(10-4-1)18(17-13-7-8-14-17)16-11-5-2-6-12-16;/h2*1-6,9-12,17H,7-8,13-14H2;. The van der Waals surface area contributed by atoms with Crippen LogP contribution in [-0.2, 0) is 17.1 Å². The average molecular weight is 564 g/mol. The van der Waals surface area contributed by atoms with Crippen molar-refractivity contribution in [2.75, 3.05) is 0 Å². The molecule has 2 aliphatic carbocycles. The first kappa shape index (κ1) is 28.3. The second-order valence-electron chi connectivity index (χ2n) is 9.96. The number of benzene rings is 4. The minimum Gasteiger partial charge on any atom is -0.0622 e. The Kier molecular flexibility index (Phi) is 11.5. The smallest absolute Gasteiger partial charge is 0 e. The predicted octanol–water partition coefficient (Wildman–Crippen LogP) is 8.12. The average Bonchev–Trinajstić information content (AvgIpc) is 3.68. The largest absolute Gasteiger partial charge is 0.0622 e. The number of hydrogen-bond acceptors (Lipinski definition) is 0. The molecule has 0 aliphatic heterocycles. The quantitative estimate of drug-likeness (QED) is 0.164. The van der Waals surface area contributed by atoms with Gasteiger partial charge in [0.05, 0.1) is 0 Å². The van der Waals surface area contributed by atoms with Crippen molar-refractivity contribution in [1.82, 2.24) is 0 Å². The van der Waals surface area contributed by atoms with Crippen molar-refractivity contribution < 1.29 is 17.1 Å². The topological polar surface area (TPSA) is 0 Å². The summed E-state index contributed by atoms with van der Waals surface area (Å²) in [5.41, 5.74) is 1.79. The van der Waals surface area contributed by atoms with Gasteiger partial charge in [-0.05, 0) is 74.1 Å². The fourth-order valence-electron chi connectivity index (χ4n) is 5.82. The van der Waals surface area contributed by atoms with Gasteiger partial charge in [0, 0.05) is 17.1 Å². The summed E-state index contributed by atoms with van der Waals surface area (Å²) in [6.07, 6.45) is 11.3. The van der Waals surface area contributed by atoms with E-state index in [1.54, 1.807) is 21.2 Å². The maximum atomic E-state index is 2.32. The summed E-state index contributed by atoms with van der Waals surface area (Å²) in [4.78, 5) is 0. The molecular weight excluding hydrogens is 526 g/mol. The molecule has 3 heteroatoms. The van der Waals surface area contributed by atoms with Gasteiger partial charge in [0.15, 0.2) is 0 Å². The van der Waals surface area contributed by atoms with Crippen LogP contribution in [0, 0.1) is 0 Å². The maximum Gasteiger partial charge on any atom is 0 e. The Labute approximate surface area is 237 Å². The molecule has 0 saturated heterocycles. The zero-order chi connectivity index (χ0) is 24.4. The van der Waals surface area contributed by atoms with Gasteiger partial charge in [-0.3, -0.25) is 0 Å². The van der Waals surface area contributed by atoms with Crippen LogP contribution in [0.1, 0.15) is 51.4 Å². The molecule has 4 aromatic carbocycles. The van der Waals surface area contributed by atoms with E-state index in [1.165, 1.54) is 51.4 Å². The van der Waals surface area contributed by atoms with Crippen LogP contribution in [0.25, 0.3) is 0 Å². The van der Waals surface area contributed by atoms with Crippen LogP contribution in [-0.4, -0.2) is 11.3 Å². The second-order valence-corrected chi connectivity index (χ2v) is 15.0. The van der Waals surface area contributed by atoms with Gasteiger partial charge in [-0.2, -0.15) is 0 Å². The molecule has 2 fully saturated rings. The van der Waals surface area contributed by atoms with Gasteiger partial charge in [-0.25, -0.2) is 0 Å². The van der Waals surface area contributed by atoms with Crippen molar-refractivity contribution in [3.8, 4) is 0 Å². The monoisotopic (exact) mass is 564 g/mol. The summed E-state index contributed by atoms with van der Waals surface area (Å²) in [5, 5.41) is 6.19. The van der Waals surface area contributed by atoms with Crippen molar-refractivity contribution in [1.29, 1.82) is 0 Å². The molecule has 0 radical (unpaired) electrons. The molecule has 6 rings (SSSR count). The Morgan fingerprint density at radius 3 is 0.784 bits per heavy atom. The van der Waals surface area contributed by atoms with Gasteiger partial charge in [-0.1, -0.05) is 147 Å². The third-order valence-corrected chi connectivity index (χ3v) is 13.4. The minimum atomic E-state index is -0.152. The molecule has 0 amide bonds. The van der Waals surface area contributed by atoms with Crippen LogP contribution in [0.4, 0.5) is 0 Å². The fraction of sp³-hybridized carbons (Fsp3) is 0.294. The summed E-state index contributed by atoms with van der Waals surface area (Å²) >= 11 is 0. The van der Waals surface area contributed by atoms with Gasteiger partial charge >= 0.3 is 0 Å². The molecule has 0 heterocycles. The van der Waals surface area contributed by atoms with Crippen LogP contribution in [0.3, 0.4) is 0 Å². The van der Waals surface area contributed by atoms with Crippen LogP contribution in [0.2, 0.25) is 0 Å². The molecule has 2 aliphatic rings. The van der Waals surface area contributed by atoms with Gasteiger partial charge < -0.3 is 0 Å². The van der Waals surface area contributed by atoms with E-state index in [4.69, 9.17) is 0 Å². The minimum absolute atomic E-state index is 0. The number of rotatable bonds is 6. The molecule has 0 unspecified atom stereocenters. The Hall–Kier alpha value is -1.74. The second kappa shape index (κ2) is 15.0. The van der Waals surface area contributed by atoms with Crippen molar-refractivity contribution in [2.45, 2.75) is 62.7 Å². The van der Waals surface area contributed by atoms with Crippen LogP contribution >= 0.6 is 15.8 Å². The molecule has 0 nitrogen and oxygen atoms in total. The molecule has 0 bridgehead atoms. The van der Waals surface area contributed by atoms with E-state index < -0.39 is 0 Å². The third kappa shape index (κ3) is 7.65. The maximum absolute atomic E-state index is 2.32. The van der Waals surface area contributed by atoms with Crippen molar-refractivity contribution in [2.24, 2.45) is 0 Å². The molecule has 0 aromatic heterocycles. The van der Waals surface area contributed by atoms with Crippen LogP contribution in [0.15, 0.2) is 121 Å². The first-order chi connectivity index (χ1) is 17.9.